The second-order valence-corrected chi connectivity index (χ2v) is 21.4. The summed E-state index contributed by atoms with van der Waals surface area (Å²) < 4.78 is 26.8. The molecule has 10 nitrogen and oxygen atoms in total. The van der Waals surface area contributed by atoms with Gasteiger partial charge in [-0.3, -0.25) is 19.6 Å². The minimum absolute atomic E-state index is 0.0202. The number of nitrogens with one attached hydrogen (secondary N) is 1. The fourth-order valence-corrected chi connectivity index (χ4v) is 11.9. The van der Waals surface area contributed by atoms with Crippen LogP contribution in [0.4, 0.5) is 0 Å². The molecule has 17 heteroatoms. The minimum Gasteiger partial charge on any atom is -0.342 e. The number of nitrogens with two attached hydrogens (primary N) is 1. The van der Waals surface area contributed by atoms with Crippen LogP contribution >= 0.6 is 78.3 Å². The highest BCUT2D eigenvalue weighted by Gasteiger charge is 2.38. The van der Waals surface area contributed by atoms with Gasteiger partial charge in [0.2, 0.25) is 21.8 Å². The Hall–Kier alpha value is -2.33. The largest absolute Gasteiger partial charge is 0.342 e. The number of pyridine rings is 2. The molecule has 4 aliphatic rings. The summed E-state index contributed by atoms with van der Waals surface area (Å²) in [6.07, 6.45) is 11.6. The van der Waals surface area contributed by atoms with Gasteiger partial charge in [-0.05, 0) is 165 Å². The van der Waals surface area contributed by atoms with Crippen LogP contribution in [-0.2, 0) is 45.3 Å². The molecule has 3 N–H and O–H groups in total. The lowest BCUT2D eigenvalue weighted by Gasteiger charge is -2.37. The molecule has 2 aliphatic heterocycles. The number of hydrogen-bond acceptors (Lipinski definition) is 7. The number of aromatic nitrogens is 2. The third-order valence-electron chi connectivity index (χ3n) is 12.2. The van der Waals surface area contributed by atoms with Crippen LogP contribution in [0.3, 0.4) is 0 Å². The molecule has 2 saturated heterocycles. The smallest absolute Gasteiger partial charge is 0.237 e. The molecular weight excluding hydrogens is 998 g/mol. The highest BCUT2D eigenvalue weighted by Crippen LogP contribution is 2.48. The minimum atomic E-state index is -3.40. The number of rotatable bonds is 6. The molecule has 2 aromatic heterocycles. The molecule has 320 valence electrons. The van der Waals surface area contributed by atoms with Gasteiger partial charge in [-0.1, -0.05) is 46.4 Å². The highest BCUT2D eigenvalue weighted by atomic mass is 79.9. The number of piperidine rings is 2. The first kappa shape index (κ1) is 45.7. The number of halogens is 6. The van der Waals surface area contributed by atoms with E-state index < -0.39 is 10.0 Å². The number of aryl methyl sites for hydroxylation is 4. The van der Waals surface area contributed by atoms with Gasteiger partial charge in [0.1, 0.15) is 0 Å². The highest BCUT2D eigenvalue weighted by molar-refractivity contribution is 9.10. The Kier molecular flexibility index (Phi) is 14.9. The van der Waals surface area contributed by atoms with Crippen LogP contribution in [0.15, 0.2) is 57.7 Å². The SMILES string of the molecule is CS(=O)(=O)NCC(=O)N1CCC(C2c3ncc(Br)cc3CCc3cc(Cl)cc(Cl)c32)CC1.NCC(=O)N1CCC(C2c3ncc(Br)cc3CCc3cc(Cl)cc(Cl)c32)CC1. The Balaban J connectivity index is 0.000000183. The van der Waals surface area contributed by atoms with Gasteiger partial charge in [0.15, 0.2) is 0 Å². The standard InChI is InChI=1S/C22H24BrCl2N3O3S.C21H22BrCl2N3O/c1-32(30,31)27-12-19(29)28-6-4-13(5-7-28)21-20-14(9-17(24)10-18(20)25)2-3-15-8-16(23)11-26-22(15)21;22-15-7-14-2-1-13-8-16(23)9-17(24)19(13)20(21(14)26-11-15)12-3-5-27(6-4-12)18(28)10-25/h8-11,13,21,27H,2-7,12H2,1H3;7-9,11-12,20H,1-6,10,25H2. The monoisotopic (exact) mass is 1040 g/mol. The molecule has 0 bridgehead atoms. The number of hydrogen-bond donors (Lipinski definition) is 2. The van der Waals surface area contributed by atoms with E-state index in [2.05, 4.69) is 48.7 Å². The van der Waals surface area contributed by atoms with Gasteiger partial charge in [0, 0.05) is 79.4 Å². The van der Waals surface area contributed by atoms with E-state index in [1.807, 2.05) is 35.5 Å². The summed E-state index contributed by atoms with van der Waals surface area (Å²) >= 11 is 33.2. The molecule has 2 fully saturated rings. The maximum absolute atomic E-state index is 12.5. The Bertz CT molecular complexity index is 2390. The van der Waals surface area contributed by atoms with Crippen LogP contribution in [-0.4, -0.2) is 85.5 Å². The van der Waals surface area contributed by atoms with Crippen molar-refractivity contribution in [3.63, 3.8) is 0 Å². The molecular formula is C43H46Br2Cl4N6O4S. The Labute approximate surface area is 388 Å². The van der Waals surface area contributed by atoms with Gasteiger partial charge in [0.25, 0.3) is 0 Å². The third kappa shape index (κ3) is 10.5. The summed E-state index contributed by atoms with van der Waals surface area (Å²) in [7, 11) is -3.40. The van der Waals surface area contributed by atoms with Crippen molar-refractivity contribution in [1.82, 2.24) is 24.5 Å². The zero-order valence-electron chi connectivity index (χ0n) is 33.0. The van der Waals surface area contributed by atoms with E-state index in [1.54, 1.807) is 11.0 Å². The molecule has 2 amide bonds. The molecule has 0 spiro atoms. The van der Waals surface area contributed by atoms with E-state index in [-0.39, 0.29) is 42.7 Å². The molecule has 0 saturated carbocycles. The van der Waals surface area contributed by atoms with E-state index in [0.717, 1.165) is 108 Å². The van der Waals surface area contributed by atoms with Crippen molar-refractivity contribution in [2.45, 2.75) is 63.2 Å². The van der Waals surface area contributed by atoms with E-state index in [0.29, 0.717) is 39.1 Å². The lowest BCUT2D eigenvalue weighted by molar-refractivity contribution is -0.132. The molecule has 0 radical (unpaired) electrons. The van der Waals surface area contributed by atoms with Crippen LogP contribution in [0.25, 0.3) is 0 Å². The number of nitrogens with zero attached hydrogens (tertiary/aromatic N) is 4. The quantitative estimate of drug-likeness (QED) is 0.197. The van der Waals surface area contributed by atoms with Gasteiger partial charge in [-0.15, -0.1) is 0 Å². The van der Waals surface area contributed by atoms with Crippen molar-refractivity contribution in [3.05, 3.63) is 123 Å². The molecule has 60 heavy (non-hydrogen) atoms. The summed E-state index contributed by atoms with van der Waals surface area (Å²) in [5, 5.41) is 2.67. The molecule has 2 atom stereocenters. The first-order valence-corrected chi connectivity index (χ1v) is 25.0. The van der Waals surface area contributed by atoms with Crippen molar-refractivity contribution < 1.29 is 18.0 Å². The Morgan fingerprint density at radius 2 is 1.08 bits per heavy atom. The Morgan fingerprint density at radius 1 is 0.683 bits per heavy atom. The average Bonchev–Trinajstić information content (AvgIpc) is 3.47. The lowest BCUT2D eigenvalue weighted by Crippen LogP contribution is -2.44. The van der Waals surface area contributed by atoms with Crippen LogP contribution in [0, 0.1) is 11.8 Å². The second-order valence-electron chi connectivity index (χ2n) is 16.0. The van der Waals surface area contributed by atoms with Gasteiger partial charge >= 0.3 is 0 Å². The summed E-state index contributed by atoms with van der Waals surface area (Å²) in [6, 6.07) is 12.0. The predicted molar refractivity (Wildman–Crippen MR) is 246 cm³/mol. The zero-order valence-corrected chi connectivity index (χ0v) is 40.0. The normalized spacial score (nSPS) is 19.5. The van der Waals surface area contributed by atoms with E-state index in [9.17, 15) is 18.0 Å². The number of carbonyl (C=O) groups is 2. The fraction of sp³-hybridized carbons (Fsp3) is 0.442. The van der Waals surface area contributed by atoms with Crippen LogP contribution in [0.5, 0.6) is 0 Å². The first-order chi connectivity index (χ1) is 28.6. The maximum atomic E-state index is 12.5. The van der Waals surface area contributed by atoms with Crippen LogP contribution in [0.2, 0.25) is 20.1 Å². The summed E-state index contributed by atoms with van der Waals surface area (Å²) in [5.41, 5.74) is 14.7. The molecule has 2 unspecified atom stereocenters. The van der Waals surface area contributed by atoms with Gasteiger partial charge in [0.05, 0.1) is 30.7 Å². The molecule has 2 aliphatic carbocycles. The van der Waals surface area contributed by atoms with E-state index >= 15 is 0 Å². The summed E-state index contributed by atoms with van der Waals surface area (Å²) in [6.45, 7) is 2.45. The Morgan fingerprint density at radius 3 is 1.48 bits per heavy atom. The first-order valence-electron chi connectivity index (χ1n) is 20.0. The van der Waals surface area contributed by atoms with Gasteiger partial charge in [-0.2, -0.15) is 0 Å². The van der Waals surface area contributed by atoms with Crippen molar-refractivity contribution in [2.75, 3.05) is 45.5 Å². The number of carbonyl (C=O) groups excluding carboxylic acids is 2. The van der Waals surface area contributed by atoms with Crippen LogP contribution in [0.1, 0.15) is 82.3 Å². The fourth-order valence-electron chi connectivity index (χ4n) is 9.46. The number of benzene rings is 2. The van der Waals surface area contributed by atoms with Gasteiger partial charge in [-0.25, -0.2) is 13.1 Å². The van der Waals surface area contributed by atoms with Crippen molar-refractivity contribution in [2.24, 2.45) is 17.6 Å². The maximum Gasteiger partial charge on any atom is 0.237 e. The molecule has 2 aromatic carbocycles. The van der Waals surface area contributed by atoms with E-state index in [1.165, 1.54) is 16.7 Å². The third-order valence-corrected chi connectivity index (χ3v) is 14.8. The molecule has 8 rings (SSSR count). The lowest BCUT2D eigenvalue weighted by atomic mass is 9.76. The van der Waals surface area contributed by atoms with E-state index in [4.69, 9.17) is 62.1 Å². The molecule has 4 aromatic rings. The number of sulfonamides is 1. The van der Waals surface area contributed by atoms with Crippen molar-refractivity contribution in [1.29, 1.82) is 0 Å². The average molecular weight is 1040 g/mol. The topological polar surface area (TPSA) is 139 Å². The van der Waals surface area contributed by atoms with Gasteiger partial charge < -0.3 is 15.5 Å². The van der Waals surface area contributed by atoms with Crippen molar-refractivity contribution >= 4 is 100 Å². The zero-order chi connectivity index (χ0) is 42.9. The summed E-state index contributed by atoms with van der Waals surface area (Å²) in [5.74, 6) is 0.566. The van der Waals surface area contributed by atoms with Crippen molar-refractivity contribution in [3.8, 4) is 0 Å². The molecule has 4 heterocycles. The summed E-state index contributed by atoms with van der Waals surface area (Å²) in [4.78, 5) is 37.7. The number of amides is 2. The second kappa shape index (κ2) is 19.6. The van der Waals surface area contributed by atoms with Crippen LogP contribution < -0.4 is 10.5 Å². The number of fused-ring (bicyclic) bond motifs is 4. The number of likely N-dealkylation sites (tertiary alicyclic amines) is 2. The predicted octanol–water partition coefficient (Wildman–Crippen LogP) is 8.75.